The molecule has 0 aliphatic heterocycles. The van der Waals surface area contributed by atoms with E-state index >= 15 is 0 Å². The van der Waals surface area contributed by atoms with Crippen molar-refractivity contribution in [3.8, 4) is 0 Å². The number of aliphatic carboxylic acids is 1. The van der Waals surface area contributed by atoms with Crippen LogP contribution in [0.25, 0.3) is 0 Å². The minimum atomic E-state index is -0.973. The van der Waals surface area contributed by atoms with Gasteiger partial charge in [0.2, 0.25) is 0 Å². The molecule has 0 saturated heterocycles. The Morgan fingerprint density at radius 2 is 1.40 bits per heavy atom. The summed E-state index contributed by atoms with van der Waals surface area (Å²) in [5.74, 6) is -1.22. The summed E-state index contributed by atoms with van der Waals surface area (Å²) in [5.41, 5.74) is 0. The molecule has 0 aromatic carbocycles. The van der Waals surface area contributed by atoms with E-state index < -0.39 is 5.97 Å². The van der Waals surface area contributed by atoms with Crippen molar-refractivity contribution in [1.29, 1.82) is 0 Å². The maximum absolute atomic E-state index is 12.2. The predicted molar refractivity (Wildman–Crippen MR) is 52.2 cm³/mol. The number of hydrogen-bond donors (Lipinski definition) is 0. The number of carbonyl (C=O) groups is 1. The Morgan fingerprint density at radius 3 is 1.80 bits per heavy atom. The second-order valence-electron chi connectivity index (χ2n) is 3.51. The molecular weight excluding hydrogens is 291 g/mol. The molecule has 0 heterocycles. The number of unbranched alkanes of at least 4 members (excludes halogenated alkanes) is 5. The third-order valence-corrected chi connectivity index (χ3v) is 2.08. The number of halogens is 1. The van der Waals surface area contributed by atoms with Gasteiger partial charge in [0.25, 0.3) is 0 Å². The first kappa shape index (κ1) is 17.3. The molecule has 0 spiro atoms. The topological polar surface area (TPSA) is 40.1 Å². The van der Waals surface area contributed by atoms with Crippen LogP contribution in [0.4, 0.5) is 4.39 Å². The number of carboxylic acids is 1. The predicted octanol–water partition coefficient (Wildman–Crippen LogP) is 2.34. The normalized spacial score (nSPS) is 9.40. The van der Waals surface area contributed by atoms with E-state index in [2.05, 4.69) is 6.58 Å². The molecule has 0 saturated carbocycles. The largest absolute Gasteiger partial charge is 1.00 e. The van der Waals surface area contributed by atoms with Crippen LogP contribution in [-0.2, 0) is 27.2 Å². The van der Waals surface area contributed by atoms with Gasteiger partial charge < -0.3 is 9.90 Å². The van der Waals surface area contributed by atoms with E-state index in [1.165, 1.54) is 0 Å². The van der Waals surface area contributed by atoms with Gasteiger partial charge >= 0.3 is 22.4 Å². The first-order chi connectivity index (χ1) is 6.63. The molecule has 92 valence electrons. The number of carboxylic acid groups (broad SMARTS) is 1. The van der Waals surface area contributed by atoms with Crippen LogP contribution in [0, 0.1) is 0 Å². The molecule has 0 fully saturated rings. The van der Waals surface area contributed by atoms with Gasteiger partial charge in [-0.3, -0.25) is 0 Å². The summed E-state index contributed by atoms with van der Waals surface area (Å²) < 4.78 is 12.2. The van der Waals surface area contributed by atoms with Gasteiger partial charge in [-0.2, -0.15) is 0 Å². The summed E-state index contributed by atoms with van der Waals surface area (Å²) in [6.07, 6.45) is 6.12. The minimum Gasteiger partial charge on any atom is -0.550 e. The fourth-order valence-electron chi connectivity index (χ4n) is 1.29. The summed E-state index contributed by atoms with van der Waals surface area (Å²) in [6.45, 7) is 3.18. The van der Waals surface area contributed by atoms with Crippen molar-refractivity contribution in [3.63, 3.8) is 0 Å². The fourth-order valence-corrected chi connectivity index (χ4v) is 1.29. The van der Waals surface area contributed by atoms with E-state index in [1.807, 2.05) is 0 Å². The van der Waals surface area contributed by atoms with Gasteiger partial charge in [0.1, 0.15) is 0 Å². The average molecular weight is 309 g/mol. The standard InChI is InChI=1S/C11H19FO2.Ag/c1-10(12)8-6-4-2-3-5-7-9-11(13)14;/h1-9H2,(H,13,14);/q;+1/p-1. The molecule has 0 amide bonds. The van der Waals surface area contributed by atoms with Crippen molar-refractivity contribution in [1.82, 2.24) is 0 Å². The molecule has 0 aromatic rings. The Labute approximate surface area is 106 Å². The maximum atomic E-state index is 12.2. The Hall–Kier alpha value is -0.120. The molecule has 0 aliphatic rings. The number of allylic oxidation sites excluding steroid dienone is 1. The molecule has 15 heavy (non-hydrogen) atoms. The number of rotatable bonds is 9. The summed E-state index contributed by atoms with van der Waals surface area (Å²) in [6, 6.07) is 0. The Balaban J connectivity index is 0. The van der Waals surface area contributed by atoms with Gasteiger partial charge in [-0.05, 0) is 25.7 Å². The van der Waals surface area contributed by atoms with E-state index in [9.17, 15) is 14.3 Å². The van der Waals surface area contributed by atoms with E-state index in [0.29, 0.717) is 12.8 Å². The van der Waals surface area contributed by atoms with Gasteiger partial charge in [0.15, 0.2) is 0 Å². The smallest absolute Gasteiger partial charge is 0.550 e. The second kappa shape index (κ2) is 12.0. The van der Waals surface area contributed by atoms with E-state index in [1.54, 1.807) is 0 Å². The molecule has 0 N–H and O–H groups in total. The third kappa shape index (κ3) is 16.5. The molecule has 0 rings (SSSR count). The van der Waals surface area contributed by atoms with Crippen molar-refractivity contribution in [3.05, 3.63) is 12.4 Å². The van der Waals surface area contributed by atoms with Crippen LogP contribution in [0.5, 0.6) is 0 Å². The number of hydrogen-bond acceptors (Lipinski definition) is 2. The van der Waals surface area contributed by atoms with Crippen LogP contribution in [0.2, 0.25) is 0 Å². The van der Waals surface area contributed by atoms with Gasteiger partial charge in [0.05, 0.1) is 5.83 Å². The van der Waals surface area contributed by atoms with E-state index in [4.69, 9.17) is 0 Å². The minimum absolute atomic E-state index is 0. The zero-order chi connectivity index (χ0) is 10.8. The Bertz CT molecular complexity index is 163. The molecular formula is C11H18AgFO2. The van der Waals surface area contributed by atoms with E-state index in [-0.39, 0.29) is 34.6 Å². The van der Waals surface area contributed by atoms with Crippen molar-refractivity contribution in [2.24, 2.45) is 0 Å². The van der Waals surface area contributed by atoms with Crippen LogP contribution in [0.1, 0.15) is 51.4 Å². The first-order valence-electron chi connectivity index (χ1n) is 5.16. The summed E-state index contributed by atoms with van der Waals surface area (Å²) in [4.78, 5) is 10.0. The summed E-state index contributed by atoms with van der Waals surface area (Å²) >= 11 is 0. The van der Waals surface area contributed by atoms with Crippen molar-refractivity contribution < 1.29 is 36.7 Å². The first-order valence-corrected chi connectivity index (χ1v) is 5.16. The van der Waals surface area contributed by atoms with Crippen LogP contribution >= 0.6 is 0 Å². The molecule has 0 atom stereocenters. The quantitative estimate of drug-likeness (QED) is 0.484. The molecule has 0 bridgehead atoms. The van der Waals surface area contributed by atoms with E-state index in [0.717, 1.165) is 32.1 Å². The third-order valence-electron chi connectivity index (χ3n) is 2.08. The van der Waals surface area contributed by atoms with Crippen LogP contribution in [-0.4, -0.2) is 5.97 Å². The second-order valence-corrected chi connectivity index (χ2v) is 3.51. The fraction of sp³-hybridized carbons (Fsp3) is 0.727. The van der Waals surface area contributed by atoms with Gasteiger partial charge in [-0.1, -0.05) is 32.3 Å². The molecule has 2 nitrogen and oxygen atoms in total. The van der Waals surface area contributed by atoms with Crippen LogP contribution < -0.4 is 5.11 Å². The summed E-state index contributed by atoms with van der Waals surface area (Å²) in [7, 11) is 0. The SMILES string of the molecule is C=C(F)CCCCCCCCC(=O)[O-].[Ag+]. The molecule has 0 unspecified atom stereocenters. The maximum Gasteiger partial charge on any atom is 1.00 e. The zero-order valence-corrected chi connectivity index (χ0v) is 10.3. The molecule has 0 aliphatic carbocycles. The number of carbonyl (C=O) groups excluding carboxylic acids is 1. The Kier molecular flexibility index (Phi) is 13.8. The van der Waals surface area contributed by atoms with Gasteiger partial charge in [-0.25, -0.2) is 4.39 Å². The van der Waals surface area contributed by atoms with Crippen molar-refractivity contribution in [2.75, 3.05) is 0 Å². The van der Waals surface area contributed by atoms with Crippen molar-refractivity contribution >= 4 is 5.97 Å². The van der Waals surface area contributed by atoms with Gasteiger partial charge in [-0.15, -0.1) is 0 Å². The molecule has 0 radical (unpaired) electrons. The Morgan fingerprint density at radius 1 is 1.00 bits per heavy atom. The summed E-state index contributed by atoms with van der Waals surface area (Å²) in [5, 5.41) is 10.0. The van der Waals surface area contributed by atoms with Crippen LogP contribution in [0.15, 0.2) is 12.4 Å². The molecule has 0 aromatic heterocycles. The average Bonchev–Trinajstić information content (AvgIpc) is 2.08. The molecule has 4 heteroatoms. The van der Waals surface area contributed by atoms with Crippen LogP contribution in [0.3, 0.4) is 0 Å². The van der Waals surface area contributed by atoms with Gasteiger partial charge in [0, 0.05) is 5.97 Å². The van der Waals surface area contributed by atoms with Crippen molar-refractivity contribution in [2.45, 2.75) is 51.4 Å². The zero-order valence-electron chi connectivity index (χ0n) is 8.86. The monoisotopic (exact) mass is 308 g/mol.